The molecule has 59 heavy (non-hydrogen) atoms. The summed E-state index contributed by atoms with van der Waals surface area (Å²) in [5.74, 6) is -2.38. The largest absolute Gasteiger partial charge is 0.480 e. The third-order valence-corrected chi connectivity index (χ3v) is 9.37. The fraction of sp³-hybridized carbons (Fsp3) is 0.256. The molecule has 0 fully saturated rings. The summed E-state index contributed by atoms with van der Waals surface area (Å²) in [6, 6.07) is 23.6. The lowest BCUT2D eigenvalue weighted by molar-refractivity contribution is -0.143. The van der Waals surface area contributed by atoms with Crippen LogP contribution in [0.4, 0.5) is 0 Å². The highest BCUT2D eigenvalue weighted by atomic mass is 16.4. The molecule has 0 radical (unpaired) electrons. The Bertz CT molecular complexity index is 2330. The van der Waals surface area contributed by atoms with Crippen molar-refractivity contribution in [2.45, 2.75) is 5.92 Å². The minimum Gasteiger partial charge on any atom is -0.480 e. The van der Waals surface area contributed by atoms with E-state index < -0.39 is 80.2 Å². The number of H-pyrrole nitrogens is 2. The number of fused-ring (bicyclic) bond motifs is 2. The van der Waals surface area contributed by atoms with Crippen LogP contribution in [0.5, 0.6) is 0 Å². The number of hydrazine groups is 2. The van der Waals surface area contributed by atoms with Crippen molar-refractivity contribution < 1.29 is 54.0 Å². The molecule has 0 spiro atoms. The topological polar surface area (TPSA) is 304 Å². The summed E-state index contributed by atoms with van der Waals surface area (Å²) < 4.78 is 0. The van der Waals surface area contributed by atoms with E-state index in [1.54, 1.807) is 18.2 Å². The number of nitrogens with one attached hydrogen (secondary N) is 5. The third kappa shape index (κ3) is 11.3. The summed E-state index contributed by atoms with van der Waals surface area (Å²) in [4.78, 5) is 96.3. The molecule has 310 valence electrons. The molecule has 5 aromatic rings. The van der Waals surface area contributed by atoms with E-state index in [-0.39, 0.29) is 37.6 Å². The lowest BCUT2D eigenvalue weighted by atomic mass is 9.81. The lowest BCUT2D eigenvalue weighted by Gasteiger charge is -2.27. The number of nitrogens with two attached hydrogens (primary N) is 1. The summed E-state index contributed by atoms with van der Waals surface area (Å²) in [5, 5.41) is 38.6. The Morgan fingerprint density at radius 1 is 0.525 bits per heavy atom. The Morgan fingerprint density at radius 3 is 1.41 bits per heavy atom. The van der Waals surface area contributed by atoms with Crippen molar-refractivity contribution in [3.05, 3.63) is 107 Å². The van der Waals surface area contributed by atoms with E-state index in [0.29, 0.717) is 32.9 Å². The van der Waals surface area contributed by atoms with Gasteiger partial charge in [0.15, 0.2) is 0 Å². The summed E-state index contributed by atoms with van der Waals surface area (Å²) >= 11 is 0. The van der Waals surface area contributed by atoms with Gasteiger partial charge in [-0.15, -0.1) is 0 Å². The van der Waals surface area contributed by atoms with E-state index >= 15 is 0 Å². The van der Waals surface area contributed by atoms with Crippen molar-refractivity contribution in [1.82, 2.24) is 40.9 Å². The minimum atomic E-state index is -1.30. The van der Waals surface area contributed by atoms with Gasteiger partial charge < -0.3 is 30.4 Å². The summed E-state index contributed by atoms with van der Waals surface area (Å²) in [6.07, 6.45) is 0. The number of benzene rings is 3. The molecule has 2 aromatic heterocycles. The van der Waals surface area contributed by atoms with E-state index in [1.807, 2.05) is 60.7 Å². The van der Waals surface area contributed by atoms with Crippen LogP contribution < -0.4 is 22.1 Å². The third-order valence-electron chi connectivity index (χ3n) is 9.37. The number of hydrogen-bond acceptors (Lipinski definition) is 11. The number of carboxylic acid groups (broad SMARTS) is 4. The number of carbonyl (C=O) groups is 7. The molecular weight excluding hydrogens is 770 g/mol. The maximum absolute atomic E-state index is 14.1. The maximum atomic E-state index is 14.1. The van der Waals surface area contributed by atoms with Gasteiger partial charge in [-0.05, 0) is 17.7 Å². The zero-order valence-electron chi connectivity index (χ0n) is 31.5. The number of hydrogen-bond donors (Lipinski definition) is 10. The zero-order valence-corrected chi connectivity index (χ0v) is 31.5. The molecular formula is C39H43N9O11. The molecule has 2 heterocycles. The van der Waals surface area contributed by atoms with Crippen molar-refractivity contribution in [3.8, 4) is 0 Å². The maximum Gasteiger partial charge on any atom is 0.317 e. The number of aliphatic carboxylic acids is 4. The Balaban J connectivity index is 1.39. The van der Waals surface area contributed by atoms with Crippen molar-refractivity contribution in [2.75, 3.05) is 58.9 Å². The zero-order chi connectivity index (χ0) is 42.6. The molecule has 0 aliphatic rings. The molecule has 20 heteroatoms. The number of carboxylic acids is 4. The standard InChI is InChI=1S/C39H43N9O11/c40-43-38(58)36-34(24-10-4-6-12-26(24)41-36)33(23-8-2-1-3-9-23)35-25-11-5-7-13-27(25)42-37(35)39(59)45-44-28(49)18-47(20-30(52)53)16-14-46(19-29(50)51)15-17-48(21-31(54)55)22-32(56)57/h1-13,33,41-42H,14-22,40H2,(H,43,58)(H,44,49)(H,45,59)(H,50,51)(H,52,53)(H,54,55)(H,56,57). The van der Waals surface area contributed by atoms with Crippen LogP contribution in [0.2, 0.25) is 0 Å². The quantitative estimate of drug-likeness (QED) is 0.0273. The fourth-order valence-electron chi connectivity index (χ4n) is 6.94. The monoisotopic (exact) mass is 813 g/mol. The van der Waals surface area contributed by atoms with Crippen LogP contribution in [0.15, 0.2) is 78.9 Å². The number of nitrogens with zero attached hydrogens (tertiary/aromatic N) is 3. The van der Waals surface area contributed by atoms with E-state index in [0.717, 1.165) is 10.5 Å². The van der Waals surface area contributed by atoms with Gasteiger partial charge in [-0.2, -0.15) is 0 Å². The Hall–Kier alpha value is -7.13. The number of amides is 3. The first-order valence-electron chi connectivity index (χ1n) is 18.2. The number of aromatic nitrogens is 2. The molecule has 5 rings (SSSR count). The predicted molar refractivity (Wildman–Crippen MR) is 211 cm³/mol. The first kappa shape index (κ1) is 43.0. The van der Waals surface area contributed by atoms with Gasteiger partial charge in [-0.25, -0.2) is 5.84 Å². The van der Waals surface area contributed by atoms with E-state index in [4.69, 9.17) is 16.1 Å². The Labute approximate surface area is 335 Å². The number of rotatable bonds is 21. The number of carbonyl (C=O) groups excluding carboxylic acids is 3. The van der Waals surface area contributed by atoms with Gasteiger partial charge in [-0.3, -0.25) is 64.5 Å². The molecule has 0 aliphatic carbocycles. The first-order chi connectivity index (χ1) is 28.2. The van der Waals surface area contributed by atoms with Crippen LogP contribution in [-0.4, -0.2) is 146 Å². The van der Waals surface area contributed by atoms with E-state index in [9.17, 15) is 43.8 Å². The number of aromatic amines is 2. The van der Waals surface area contributed by atoms with Crippen LogP contribution >= 0.6 is 0 Å². The van der Waals surface area contributed by atoms with Crippen LogP contribution in [0, 0.1) is 0 Å². The average molecular weight is 814 g/mol. The number of nitrogen functional groups attached to an aromatic ring is 1. The molecule has 0 saturated carbocycles. The van der Waals surface area contributed by atoms with Crippen LogP contribution in [0.1, 0.15) is 43.6 Å². The van der Waals surface area contributed by atoms with Gasteiger partial charge in [0.2, 0.25) is 0 Å². The predicted octanol–water partition coefficient (Wildman–Crippen LogP) is 0.438. The Kier molecular flexibility index (Phi) is 14.5. The summed E-state index contributed by atoms with van der Waals surface area (Å²) in [5.41, 5.74) is 10.1. The molecule has 0 saturated heterocycles. The average Bonchev–Trinajstić information content (AvgIpc) is 3.77. The van der Waals surface area contributed by atoms with Crippen molar-refractivity contribution in [1.29, 1.82) is 0 Å². The summed E-state index contributed by atoms with van der Waals surface area (Å²) in [6.45, 7) is -3.37. The smallest absolute Gasteiger partial charge is 0.317 e. The lowest BCUT2D eigenvalue weighted by Crippen LogP contribution is -2.49. The fourth-order valence-corrected chi connectivity index (χ4v) is 6.94. The second kappa shape index (κ2) is 19.8. The molecule has 1 unspecified atom stereocenters. The highest BCUT2D eigenvalue weighted by molar-refractivity contribution is 6.05. The van der Waals surface area contributed by atoms with Gasteiger partial charge in [-0.1, -0.05) is 66.7 Å². The van der Waals surface area contributed by atoms with E-state index in [2.05, 4.69) is 26.2 Å². The van der Waals surface area contributed by atoms with Gasteiger partial charge in [0.25, 0.3) is 17.7 Å². The second-order valence-electron chi connectivity index (χ2n) is 13.5. The van der Waals surface area contributed by atoms with Crippen molar-refractivity contribution in [2.24, 2.45) is 5.84 Å². The molecule has 11 N–H and O–H groups in total. The van der Waals surface area contributed by atoms with Crippen LogP contribution in [-0.2, 0) is 24.0 Å². The van der Waals surface area contributed by atoms with Gasteiger partial charge in [0.1, 0.15) is 11.4 Å². The van der Waals surface area contributed by atoms with Gasteiger partial charge in [0.05, 0.1) is 32.7 Å². The van der Waals surface area contributed by atoms with Crippen LogP contribution in [0.25, 0.3) is 21.8 Å². The SMILES string of the molecule is NNC(=O)c1[nH]c2ccccc2c1C(c1ccccc1)c1c(C(=O)NNC(=O)CN(CCN(CCN(CC(=O)O)CC(=O)O)CC(=O)O)CC(=O)O)[nH]c2ccccc12. The van der Waals surface area contributed by atoms with Gasteiger partial charge in [0, 0.05) is 65.0 Å². The number of para-hydroxylation sites is 2. The molecule has 3 amide bonds. The second-order valence-corrected chi connectivity index (χ2v) is 13.5. The summed E-state index contributed by atoms with van der Waals surface area (Å²) in [7, 11) is 0. The minimum absolute atomic E-state index is 0.0521. The Morgan fingerprint density at radius 2 is 0.932 bits per heavy atom. The van der Waals surface area contributed by atoms with E-state index in [1.165, 1.54) is 9.80 Å². The van der Waals surface area contributed by atoms with Crippen LogP contribution in [0.3, 0.4) is 0 Å². The first-order valence-corrected chi connectivity index (χ1v) is 18.2. The molecule has 3 aromatic carbocycles. The molecule has 0 aliphatic heterocycles. The highest BCUT2D eigenvalue weighted by Crippen LogP contribution is 2.43. The van der Waals surface area contributed by atoms with Crippen molar-refractivity contribution in [3.63, 3.8) is 0 Å². The van der Waals surface area contributed by atoms with Gasteiger partial charge >= 0.3 is 23.9 Å². The molecule has 0 bridgehead atoms. The normalized spacial score (nSPS) is 11.9. The van der Waals surface area contributed by atoms with Crippen molar-refractivity contribution >= 4 is 63.4 Å². The highest BCUT2D eigenvalue weighted by Gasteiger charge is 2.33. The molecule has 1 atom stereocenters. The molecule has 20 nitrogen and oxygen atoms in total.